The standard InChI is InChI=1S/C23H24N.C11H12N2.C5H12O2.Ir/c1-23(2)13-10-17(11-14-23)19-8-9-21-20(16-19)12-15-24-22(21)18-6-4-3-5-7-18;1-10-8-13(9-12(10)2)11-6-4-3-5-7-11;1-4(6)3-5(2)7;/h3-6,8-9,12,15-17H,10-11,13-14H2,1-2H3;3-6,8-9H,1-2H3;4-7H,3H2,1-2H3;/q-1;-2;;+3. The largest absolute Gasteiger partial charge is 3.00 e. The fourth-order valence-corrected chi connectivity index (χ4v) is 5.71. The van der Waals surface area contributed by atoms with Crippen molar-refractivity contribution in [3.8, 4) is 11.3 Å². The summed E-state index contributed by atoms with van der Waals surface area (Å²) in [6.07, 6.45) is 9.01. The molecule has 240 valence electrons. The van der Waals surface area contributed by atoms with Crippen LogP contribution >= 0.6 is 0 Å². The van der Waals surface area contributed by atoms with Gasteiger partial charge in [0, 0.05) is 6.20 Å². The van der Waals surface area contributed by atoms with Crippen molar-refractivity contribution >= 4 is 16.5 Å². The average molecular weight is 783 g/mol. The molecule has 1 aliphatic carbocycles. The summed E-state index contributed by atoms with van der Waals surface area (Å²) in [7, 11) is 2.04. The SMILES string of the molecule is CC(O)CC(C)O.CC1(C)CCC(c2ccc3c(-c4[c-]cccc4)nccc3c2)CC1.CC1=CN(c2[c-]cccc2)[CH-]N1C.[Ir+3]. The molecule has 3 aromatic carbocycles. The van der Waals surface area contributed by atoms with E-state index in [4.69, 9.17) is 10.2 Å². The van der Waals surface area contributed by atoms with Crippen molar-refractivity contribution in [2.45, 2.75) is 84.8 Å². The summed E-state index contributed by atoms with van der Waals surface area (Å²) in [4.78, 5) is 8.76. The van der Waals surface area contributed by atoms with Gasteiger partial charge in [0.05, 0.1) is 12.2 Å². The zero-order chi connectivity index (χ0) is 31.7. The van der Waals surface area contributed by atoms with E-state index in [0.29, 0.717) is 17.8 Å². The number of aliphatic hydroxyl groups is 2. The smallest absolute Gasteiger partial charge is 0.508 e. The van der Waals surface area contributed by atoms with Gasteiger partial charge in [0.15, 0.2) is 0 Å². The molecule has 2 aliphatic rings. The molecular formula is C39H48IrN3O2. The van der Waals surface area contributed by atoms with Crippen molar-refractivity contribution in [1.29, 1.82) is 0 Å². The van der Waals surface area contributed by atoms with E-state index in [2.05, 4.69) is 84.2 Å². The van der Waals surface area contributed by atoms with Gasteiger partial charge in [-0.05, 0) is 111 Å². The fourth-order valence-electron chi connectivity index (χ4n) is 5.71. The number of anilines is 1. The third-order valence-electron chi connectivity index (χ3n) is 8.40. The van der Waals surface area contributed by atoms with E-state index < -0.39 is 0 Å². The average Bonchev–Trinajstić information content (AvgIpc) is 3.35. The van der Waals surface area contributed by atoms with E-state index in [0.717, 1.165) is 16.9 Å². The van der Waals surface area contributed by atoms with Crippen LogP contribution in [0.15, 0.2) is 90.9 Å². The molecule has 0 spiro atoms. The number of aliphatic hydroxyl groups excluding tert-OH is 2. The second-order valence-corrected chi connectivity index (χ2v) is 12.9. The molecule has 1 fully saturated rings. The molecule has 4 aromatic rings. The first-order chi connectivity index (χ1) is 21.0. The molecule has 6 rings (SSSR count). The van der Waals surface area contributed by atoms with Crippen LogP contribution in [0.2, 0.25) is 0 Å². The first-order valence-electron chi connectivity index (χ1n) is 15.8. The second-order valence-electron chi connectivity index (χ2n) is 12.9. The van der Waals surface area contributed by atoms with Gasteiger partial charge in [-0.2, -0.15) is 37.0 Å². The molecule has 6 heteroatoms. The Bertz CT molecular complexity index is 1470. The molecule has 0 amide bonds. The second kappa shape index (κ2) is 17.1. The molecule has 1 aliphatic heterocycles. The van der Waals surface area contributed by atoms with Crippen LogP contribution in [-0.4, -0.2) is 39.4 Å². The Hall–Kier alpha value is -3.02. The van der Waals surface area contributed by atoms with Gasteiger partial charge in [-0.1, -0.05) is 32.0 Å². The van der Waals surface area contributed by atoms with Gasteiger partial charge in [-0.15, -0.1) is 41.6 Å². The van der Waals surface area contributed by atoms with Gasteiger partial charge >= 0.3 is 20.1 Å². The number of nitrogens with zero attached hydrogens (tertiary/aromatic N) is 3. The third kappa shape index (κ3) is 10.8. The van der Waals surface area contributed by atoms with Crippen molar-refractivity contribution in [3.63, 3.8) is 0 Å². The van der Waals surface area contributed by atoms with Gasteiger partial charge in [-0.3, -0.25) is 0 Å². The first kappa shape index (κ1) is 36.4. The number of fused-ring (bicyclic) bond motifs is 1. The van der Waals surface area contributed by atoms with Crippen molar-refractivity contribution in [3.05, 3.63) is 115 Å². The van der Waals surface area contributed by atoms with E-state index in [1.165, 1.54) is 47.7 Å². The molecule has 45 heavy (non-hydrogen) atoms. The van der Waals surface area contributed by atoms with E-state index in [-0.39, 0.29) is 32.3 Å². The van der Waals surface area contributed by atoms with Crippen LogP contribution < -0.4 is 4.90 Å². The van der Waals surface area contributed by atoms with Crippen LogP contribution in [0, 0.1) is 24.2 Å². The molecule has 5 nitrogen and oxygen atoms in total. The predicted octanol–water partition coefficient (Wildman–Crippen LogP) is 8.74. The van der Waals surface area contributed by atoms with Gasteiger partial charge in [0.1, 0.15) is 0 Å². The van der Waals surface area contributed by atoms with Crippen LogP contribution in [0.3, 0.4) is 0 Å². The van der Waals surface area contributed by atoms with Crippen LogP contribution in [0.5, 0.6) is 0 Å². The Morgan fingerprint density at radius 1 is 0.956 bits per heavy atom. The zero-order valence-electron chi connectivity index (χ0n) is 27.5. The topological polar surface area (TPSA) is 59.8 Å². The Labute approximate surface area is 284 Å². The molecular weight excluding hydrogens is 735 g/mol. The maximum absolute atomic E-state index is 8.56. The zero-order valence-corrected chi connectivity index (χ0v) is 29.9. The fraction of sp³-hybridized carbons (Fsp3) is 0.385. The normalized spacial score (nSPS) is 17.2. The van der Waals surface area contributed by atoms with E-state index in [1.807, 2.05) is 62.4 Å². The number of hydrogen-bond donors (Lipinski definition) is 2. The number of benzene rings is 3. The summed E-state index contributed by atoms with van der Waals surface area (Å²) in [6.45, 7) is 12.2. The molecule has 2 unspecified atom stereocenters. The Morgan fingerprint density at radius 2 is 1.62 bits per heavy atom. The Balaban J connectivity index is 0.000000221. The van der Waals surface area contributed by atoms with Crippen molar-refractivity contribution in [2.24, 2.45) is 5.41 Å². The summed E-state index contributed by atoms with van der Waals surface area (Å²) in [6, 6.07) is 31.6. The van der Waals surface area contributed by atoms with Gasteiger partial charge in [0.25, 0.3) is 0 Å². The maximum atomic E-state index is 8.56. The summed E-state index contributed by atoms with van der Waals surface area (Å²) in [5.74, 6) is 0.710. The van der Waals surface area contributed by atoms with Crippen LogP contribution in [0.1, 0.15) is 78.2 Å². The number of allylic oxidation sites excluding steroid dienone is 1. The molecule has 2 atom stereocenters. The molecule has 0 saturated heterocycles. The minimum atomic E-state index is -0.375. The summed E-state index contributed by atoms with van der Waals surface area (Å²) < 4.78 is 0. The van der Waals surface area contributed by atoms with E-state index in [1.54, 1.807) is 13.8 Å². The van der Waals surface area contributed by atoms with E-state index >= 15 is 0 Å². The Morgan fingerprint density at radius 3 is 2.16 bits per heavy atom. The van der Waals surface area contributed by atoms with Crippen LogP contribution in [0.4, 0.5) is 5.69 Å². The van der Waals surface area contributed by atoms with Crippen LogP contribution in [0.25, 0.3) is 22.0 Å². The third-order valence-corrected chi connectivity index (χ3v) is 8.40. The molecule has 0 radical (unpaired) electrons. The number of hydrogen-bond acceptors (Lipinski definition) is 5. The number of pyridine rings is 1. The van der Waals surface area contributed by atoms with Crippen molar-refractivity contribution in [2.75, 3.05) is 11.9 Å². The maximum Gasteiger partial charge on any atom is 3.00 e. The quantitative estimate of drug-likeness (QED) is 0.199. The van der Waals surface area contributed by atoms with Gasteiger partial charge < -0.3 is 25.0 Å². The monoisotopic (exact) mass is 783 g/mol. The summed E-state index contributed by atoms with van der Waals surface area (Å²) in [5.41, 5.74) is 6.42. The molecule has 2 heterocycles. The number of para-hydroxylation sites is 1. The van der Waals surface area contributed by atoms with E-state index in [9.17, 15) is 0 Å². The Kier molecular flexibility index (Phi) is 13.8. The molecule has 1 aromatic heterocycles. The van der Waals surface area contributed by atoms with Crippen molar-refractivity contribution < 1.29 is 30.3 Å². The number of rotatable bonds is 5. The summed E-state index contributed by atoms with van der Waals surface area (Å²) in [5, 5.41) is 19.6. The minimum absolute atomic E-state index is 0. The summed E-state index contributed by atoms with van der Waals surface area (Å²) >= 11 is 0. The predicted molar refractivity (Wildman–Crippen MR) is 183 cm³/mol. The first-order valence-corrected chi connectivity index (χ1v) is 15.8. The van der Waals surface area contributed by atoms with Gasteiger partial charge in [-0.25, -0.2) is 0 Å². The molecule has 2 N–H and O–H groups in total. The van der Waals surface area contributed by atoms with Crippen molar-refractivity contribution in [1.82, 2.24) is 9.88 Å². The molecule has 1 saturated carbocycles. The number of aromatic nitrogens is 1. The molecule has 0 bridgehead atoms. The van der Waals surface area contributed by atoms with Gasteiger partial charge in [0.2, 0.25) is 0 Å². The minimum Gasteiger partial charge on any atom is -0.508 e. The van der Waals surface area contributed by atoms with Crippen LogP contribution in [-0.2, 0) is 20.1 Å².